The second-order valence-corrected chi connectivity index (χ2v) is 7.67. The molecule has 0 unspecified atom stereocenters. The SMILES string of the molecule is [2H]C([2H])(CNc1nonc1-c1noc(=O)n1-c1ccc(F)c(Br)c1)NS(C)(=O)=O. The Morgan fingerprint density at radius 2 is 2.15 bits per heavy atom. The van der Waals surface area contributed by atoms with Crippen molar-refractivity contribution in [1.29, 1.82) is 0 Å². The van der Waals surface area contributed by atoms with Gasteiger partial charge < -0.3 is 5.32 Å². The highest BCUT2D eigenvalue weighted by atomic mass is 79.9. The van der Waals surface area contributed by atoms with E-state index in [2.05, 4.69) is 45.9 Å². The molecule has 0 fully saturated rings. The number of benzene rings is 1. The van der Waals surface area contributed by atoms with Gasteiger partial charge in [-0.05, 0) is 44.4 Å². The van der Waals surface area contributed by atoms with Crippen molar-refractivity contribution >= 4 is 31.8 Å². The second kappa shape index (κ2) is 7.58. The van der Waals surface area contributed by atoms with Crippen molar-refractivity contribution in [1.82, 2.24) is 24.8 Å². The van der Waals surface area contributed by atoms with E-state index in [1.165, 1.54) is 12.1 Å². The average Bonchev–Trinajstić information content (AvgIpc) is 3.19. The third kappa shape index (κ3) is 4.40. The van der Waals surface area contributed by atoms with Gasteiger partial charge in [0.25, 0.3) is 0 Å². The van der Waals surface area contributed by atoms with Crippen LogP contribution in [0.1, 0.15) is 2.74 Å². The predicted octanol–water partition coefficient (Wildman–Crippen LogP) is 0.738. The third-order valence-electron chi connectivity index (χ3n) is 3.07. The fourth-order valence-corrected chi connectivity index (χ4v) is 2.70. The zero-order chi connectivity index (χ0) is 21.4. The van der Waals surface area contributed by atoms with E-state index in [4.69, 9.17) is 2.74 Å². The highest BCUT2D eigenvalue weighted by Crippen LogP contribution is 2.25. The van der Waals surface area contributed by atoms with Crippen molar-refractivity contribution in [2.24, 2.45) is 0 Å². The standard InChI is InChI=1S/C13H12BrFN6O5S/c1-27(23,24)17-5-4-16-11-10(18-26-19-11)12-20-25-13(22)21(12)7-2-3-9(15)8(14)6-7/h2-3,6,17H,4-5H2,1H3,(H,16,19)/i5D2. The van der Waals surface area contributed by atoms with Crippen LogP contribution in [0.5, 0.6) is 0 Å². The lowest BCUT2D eigenvalue weighted by Crippen LogP contribution is -2.27. The molecule has 0 radical (unpaired) electrons. The lowest BCUT2D eigenvalue weighted by Gasteiger charge is -2.06. The summed E-state index contributed by atoms with van der Waals surface area (Å²) in [4.78, 5) is 12.1. The molecule has 0 aliphatic carbocycles. The van der Waals surface area contributed by atoms with Crippen molar-refractivity contribution in [3.05, 3.63) is 39.0 Å². The van der Waals surface area contributed by atoms with Crippen LogP contribution in [0.4, 0.5) is 10.2 Å². The summed E-state index contributed by atoms with van der Waals surface area (Å²) in [6.07, 6.45) is 0.808. The van der Waals surface area contributed by atoms with E-state index in [1.54, 1.807) is 4.72 Å². The quantitative estimate of drug-likeness (QED) is 0.516. The smallest absolute Gasteiger partial charge is 0.364 e. The number of nitrogens with zero attached hydrogens (tertiary/aromatic N) is 4. The Balaban J connectivity index is 1.94. The van der Waals surface area contributed by atoms with Crippen molar-refractivity contribution in [3.8, 4) is 17.2 Å². The maximum atomic E-state index is 13.5. The van der Waals surface area contributed by atoms with Gasteiger partial charge in [-0.2, -0.15) is 0 Å². The Hall–Kier alpha value is -2.58. The first-order valence-corrected chi connectivity index (χ1v) is 9.75. The van der Waals surface area contributed by atoms with Crippen molar-refractivity contribution in [2.45, 2.75) is 0 Å². The summed E-state index contributed by atoms with van der Waals surface area (Å²) in [6.45, 7) is -2.92. The first kappa shape index (κ1) is 16.6. The van der Waals surface area contributed by atoms with E-state index in [-0.39, 0.29) is 27.5 Å². The molecule has 2 aromatic heterocycles. The molecular formula is C13H12BrFN6O5S. The lowest BCUT2D eigenvalue weighted by molar-refractivity contribution is 0.309. The average molecular weight is 465 g/mol. The maximum absolute atomic E-state index is 13.5. The van der Waals surface area contributed by atoms with Crippen LogP contribution in [-0.2, 0) is 10.0 Å². The van der Waals surface area contributed by atoms with Gasteiger partial charge in [0, 0.05) is 15.8 Å². The van der Waals surface area contributed by atoms with Crippen LogP contribution < -0.4 is 15.8 Å². The number of rotatable bonds is 7. The second-order valence-electron chi connectivity index (χ2n) is 5.07. The summed E-state index contributed by atoms with van der Waals surface area (Å²) in [5, 5.41) is 13.3. The van der Waals surface area contributed by atoms with Gasteiger partial charge in [-0.25, -0.2) is 31.5 Å². The van der Waals surface area contributed by atoms with E-state index >= 15 is 0 Å². The summed E-state index contributed by atoms with van der Waals surface area (Å²) in [5.74, 6) is -1.74. The van der Waals surface area contributed by atoms with Gasteiger partial charge in [0.15, 0.2) is 5.69 Å². The predicted molar refractivity (Wildman–Crippen MR) is 94.4 cm³/mol. The number of halogens is 2. The van der Waals surface area contributed by atoms with Gasteiger partial charge in [-0.3, -0.25) is 4.52 Å². The Kier molecular flexibility index (Phi) is 4.65. The maximum Gasteiger partial charge on any atom is 0.446 e. The molecule has 3 rings (SSSR count). The number of nitrogens with one attached hydrogen (secondary N) is 2. The Morgan fingerprint density at radius 1 is 1.37 bits per heavy atom. The Bertz CT molecular complexity index is 1210. The van der Waals surface area contributed by atoms with Crippen molar-refractivity contribution in [3.63, 3.8) is 0 Å². The summed E-state index contributed by atoms with van der Waals surface area (Å²) in [6, 6.07) is 3.73. The molecule has 11 nitrogen and oxygen atoms in total. The van der Waals surface area contributed by atoms with Gasteiger partial charge in [0.1, 0.15) is 5.82 Å². The Labute approximate surface area is 162 Å². The molecule has 2 heterocycles. The normalized spacial score (nSPS) is 13.3. The minimum absolute atomic E-state index is 0.0886. The number of anilines is 1. The molecule has 27 heavy (non-hydrogen) atoms. The van der Waals surface area contributed by atoms with Crippen molar-refractivity contribution in [2.75, 3.05) is 24.6 Å². The number of hydrogen-bond donors (Lipinski definition) is 2. The number of sulfonamides is 1. The lowest BCUT2D eigenvalue weighted by atomic mass is 10.3. The van der Waals surface area contributed by atoms with Crippen molar-refractivity contribution < 1.29 is 24.7 Å². The highest BCUT2D eigenvalue weighted by Gasteiger charge is 2.23. The molecule has 0 amide bonds. The van der Waals surface area contributed by atoms with E-state index in [0.717, 1.165) is 16.9 Å². The molecule has 2 N–H and O–H groups in total. The van der Waals surface area contributed by atoms with E-state index in [9.17, 15) is 17.6 Å². The van der Waals surface area contributed by atoms with Gasteiger partial charge in [-0.15, -0.1) is 0 Å². The fourth-order valence-electron chi connectivity index (χ4n) is 2.00. The van der Waals surface area contributed by atoms with Gasteiger partial charge in [-0.1, -0.05) is 5.16 Å². The molecule has 0 aliphatic heterocycles. The summed E-state index contributed by atoms with van der Waals surface area (Å²) < 4.78 is 63.5. The van der Waals surface area contributed by atoms with E-state index in [0.29, 0.717) is 0 Å². The van der Waals surface area contributed by atoms with Crippen LogP contribution in [0.2, 0.25) is 0 Å². The molecule has 0 spiro atoms. The first-order chi connectivity index (χ1) is 13.5. The summed E-state index contributed by atoms with van der Waals surface area (Å²) in [7, 11) is -3.81. The first-order valence-electron chi connectivity index (χ1n) is 8.07. The van der Waals surface area contributed by atoms with Gasteiger partial charge >= 0.3 is 5.76 Å². The minimum Gasteiger partial charge on any atom is -0.364 e. The van der Waals surface area contributed by atoms with Gasteiger partial charge in [0.05, 0.1) is 16.4 Å². The summed E-state index contributed by atoms with van der Waals surface area (Å²) >= 11 is 3.02. The molecule has 0 saturated carbocycles. The monoisotopic (exact) mass is 464 g/mol. The van der Waals surface area contributed by atoms with Crippen LogP contribution in [-0.4, -0.2) is 47.8 Å². The van der Waals surface area contributed by atoms with Crippen LogP contribution in [0.15, 0.2) is 36.6 Å². The van der Waals surface area contributed by atoms with Crippen LogP contribution >= 0.6 is 15.9 Å². The fraction of sp³-hybridized carbons (Fsp3) is 0.231. The molecule has 0 saturated heterocycles. The van der Waals surface area contributed by atoms with Gasteiger partial charge in [0.2, 0.25) is 21.7 Å². The van der Waals surface area contributed by atoms with E-state index in [1.807, 2.05) is 0 Å². The van der Waals surface area contributed by atoms with E-state index < -0.39 is 34.6 Å². The molecule has 144 valence electrons. The molecule has 0 bridgehead atoms. The molecular weight excluding hydrogens is 451 g/mol. The minimum atomic E-state index is -3.81. The molecule has 0 aliphatic rings. The molecule has 3 aromatic rings. The largest absolute Gasteiger partial charge is 0.446 e. The zero-order valence-corrected chi connectivity index (χ0v) is 15.8. The van der Waals surface area contributed by atoms with Crippen LogP contribution in [0.25, 0.3) is 17.2 Å². The molecule has 14 heteroatoms. The number of aromatic nitrogens is 4. The van der Waals surface area contributed by atoms with Crippen LogP contribution in [0.3, 0.4) is 0 Å². The zero-order valence-electron chi connectivity index (χ0n) is 15.4. The Morgan fingerprint density at radius 3 is 2.85 bits per heavy atom. The topological polar surface area (TPSA) is 145 Å². The number of hydrogen-bond acceptors (Lipinski definition) is 9. The third-order valence-corrected chi connectivity index (χ3v) is 4.19. The molecule has 1 aromatic carbocycles. The summed E-state index contributed by atoms with van der Waals surface area (Å²) in [5.41, 5.74) is 0.0778. The highest BCUT2D eigenvalue weighted by molar-refractivity contribution is 9.10. The van der Waals surface area contributed by atoms with Crippen LogP contribution in [0, 0.1) is 5.82 Å². The molecule has 0 atom stereocenters.